The number of carbonyl (C=O) groups is 4. The number of amides is 5. The predicted molar refractivity (Wildman–Crippen MR) is 118 cm³/mol. The summed E-state index contributed by atoms with van der Waals surface area (Å²) in [6.45, 7) is -0.248. The van der Waals surface area contributed by atoms with E-state index in [4.69, 9.17) is 4.74 Å². The van der Waals surface area contributed by atoms with Crippen molar-refractivity contribution in [3.8, 4) is 5.75 Å². The molecule has 1 heterocycles. The van der Waals surface area contributed by atoms with Crippen LogP contribution >= 0.6 is 0 Å². The third-order valence-electron chi connectivity index (χ3n) is 5.46. The molecular formula is C24H23N3O5. The fourth-order valence-electron chi connectivity index (χ4n) is 3.91. The SMILES string of the molecule is O=C(COc1ccccc1/C=C1\C(=O)NC(=O)N(C2CCCC2)C1=O)Nc1ccccc1. The van der Waals surface area contributed by atoms with Gasteiger partial charge >= 0.3 is 6.03 Å². The van der Waals surface area contributed by atoms with E-state index < -0.39 is 17.8 Å². The highest BCUT2D eigenvalue weighted by atomic mass is 16.5. The summed E-state index contributed by atoms with van der Waals surface area (Å²) >= 11 is 0. The van der Waals surface area contributed by atoms with Gasteiger partial charge in [-0.2, -0.15) is 0 Å². The molecule has 0 atom stereocenters. The largest absolute Gasteiger partial charge is 0.483 e. The lowest BCUT2D eigenvalue weighted by molar-refractivity contribution is -0.131. The molecule has 1 saturated heterocycles. The van der Waals surface area contributed by atoms with Gasteiger partial charge in [0.25, 0.3) is 17.7 Å². The maximum absolute atomic E-state index is 13.0. The Hall–Kier alpha value is -3.94. The third kappa shape index (κ3) is 4.69. The highest BCUT2D eigenvalue weighted by molar-refractivity contribution is 6.31. The van der Waals surface area contributed by atoms with Gasteiger partial charge in [-0.1, -0.05) is 49.2 Å². The highest BCUT2D eigenvalue weighted by Gasteiger charge is 2.40. The normalized spacial score (nSPS) is 18.1. The maximum Gasteiger partial charge on any atom is 0.331 e. The zero-order valence-corrected chi connectivity index (χ0v) is 17.4. The molecule has 32 heavy (non-hydrogen) atoms. The average molecular weight is 433 g/mol. The standard InChI is InChI=1S/C24H23N3O5/c28-21(25-17-9-2-1-3-10-17)15-32-20-13-7-4-8-16(20)14-19-22(29)26-24(31)27(23(19)30)18-11-5-6-12-18/h1-4,7-10,13-14,18H,5-6,11-12,15H2,(H,25,28)(H,26,29,31)/b19-14+. The Morgan fingerprint density at radius 1 is 1.03 bits per heavy atom. The minimum atomic E-state index is -0.745. The zero-order valence-electron chi connectivity index (χ0n) is 17.4. The number of rotatable bonds is 6. The molecule has 2 N–H and O–H groups in total. The first-order valence-corrected chi connectivity index (χ1v) is 10.5. The average Bonchev–Trinajstić information content (AvgIpc) is 3.31. The van der Waals surface area contributed by atoms with Gasteiger partial charge in [0.1, 0.15) is 11.3 Å². The number of carbonyl (C=O) groups excluding carboxylic acids is 4. The van der Waals surface area contributed by atoms with Crippen molar-refractivity contribution in [3.63, 3.8) is 0 Å². The second kappa shape index (κ2) is 9.47. The second-order valence-electron chi connectivity index (χ2n) is 7.67. The lowest BCUT2D eigenvalue weighted by atomic mass is 10.0. The first-order valence-electron chi connectivity index (χ1n) is 10.5. The van der Waals surface area contributed by atoms with Crippen LogP contribution < -0.4 is 15.4 Å². The summed E-state index contributed by atoms with van der Waals surface area (Å²) in [5, 5.41) is 4.99. The van der Waals surface area contributed by atoms with Crippen LogP contribution in [0.5, 0.6) is 5.75 Å². The second-order valence-corrected chi connectivity index (χ2v) is 7.67. The summed E-state index contributed by atoms with van der Waals surface area (Å²) in [4.78, 5) is 51.0. The smallest absolute Gasteiger partial charge is 0.331 e. The van der Waals surface area contributed by atoms with Crippen LogP contribution in [0.2, 0.25) is 0 Å². The van der Waals surface area contributed by atoms with Crippen LogP contribution in [-0.4, -0.2) is 41.3 Å². The molecule has 4 rings (SSSR count). The number of hydrogen-bond donors (Lipinski definition) is 2. The minimum absolute atomic E-state index is 0.138. The number of imide groups is 2. The third-order valence-corrected chi connectivity index (χ3v) is 5.46. The first kappa shape index (κ1) is 21.3. The summed E-state index contributed by atoms with van der Waals surface area (Å²) in [5.41, 5.74) is 0.971. The van der Waals surface area contributed by atoms with Crippen molar-refractivity contribution in [2.24, 2.45) is 0 Å². The summed E-state index contributed by atoms with van der Waals surface area (Å²) in [6.07, 6.45) is 4.75. The minimum Gasteiger partial charge on any atom is -0.483 e. The monoisotopic (exact) mass is 433 g/mol. The zero-order chi connectivity index (χ0) is 22.5. The molecule has 1 aliphatic heterocycles. The molecule has 2 fully saturated rings. The van der Waals surface area contributed by atoms with Crippen molar-refractivity contribution in [2.75, 3.05) is 11.9 Å². The number of benzene rings is 2. The van der Waals surface area contributed by atoms with E-state index in [-0.39, 0.29) is 24.1 Å². The lowest BCUT2D eigenvalue weighted by Crippen LogP contribution is -2.57. The van der Waals surface area contributed by atoms with E-state index in [1.807, 2.05) is 18.2 Å². The Kier molecular flexibility index (Phi) is 6.30. The molecule has 0 spiro atoms. The van der Waals surface area contributed by atoms with Gasteiger partial charge in [-0.25, -0.2) is 4.79 Å². The van der Waals surface area contributed by atoms with Gasteiger partial charge in [-0.05, 0) is 37.1 Å². The van der Waals surface area contributed by atoms with Crippen LogP contribution in [0, 0.1) is 0 Å². The fraction of sp³-hybridized carbons (Fsp3) is 0.250. The number of ether oxygens (including phenoxy) is 1. The molecule has 5 amide bonds. The fourth-order valence-corrected chi connectivity index (χ4v) is 3.91. The Balaban J connectivity index is 1.51. The summed E-state index contributed by atoms with van der Waals surface area (Å²) in [6, 6.07) is 14.9. The summed E-state index contributed by atoms with van der Waals surface area (Å²) < 4.78 is 5.65. The van der Waals surface area contributed by atoms with Crippen LogP contribution in [0.25, 0.3) is 6.08 Å². The first-order chi connectivity index (χ1) is 15.5. The number of para-hydroxylation sites is 2. The molecule has 2 aromatic carbocycles. The van der Waals surface area contributed by atoms with Crippen molar-refractivity contribution in [2.45, 2.75) is 31.7 Å². The molecule has 164 valence electrons. The molecule has 8 nitrogen and oxygen atoms in total. The van der Waals surface area contributed by atoms with Gasteiger partial charge in [-0.3, -0.25) is 24.6 Å². The molecule has 8 heteroatoms. The van der Waals surface area contributed by atoms with Crippen molar-refractivity contribution in [3.05, 3.63) is 65.7 Å². The molecule has 1 aliphatic carbocycles. The topological polar surface area (TPSA) is 105 Å². The van der Waals surface area contributed by atoms with Crippen LogP contribution in [0.3, 0.4) is 0 Å². The van der Waals surface area contributed by atoms with Crippen molar-refractivity contribution < 1.29 is 23.9 Å². The van der Waals surface area contributed by atoms with Crippen LogP contribution in [0.1, 0.15) is 31.2 Å². The van der Waals surface area contributed by atoms with E-state index >= 15 is 0 Å². The molecular weight excluding hydrogens is 410 g/mol. The number of hydrogen-bond acceptors (Lipinski definition) is 5. The van der Waals surface area contributed by atoms with Crippen molar-refractivity contribution >= 4 is 35.5 Å². The summed E-state index contributed by atoms with van der Waals surface area (Å²) in [7, 11) is 0. The lowest BCUT2D eigenvalue weighted by Gasteiger charge is -2.31. The van der Waals surface area contributed by atoms with Gasteiger partial charge < -0.3 is 10.1 Å². The molecule has 0 bridgehead atoms. The van der Waals surface area contributed by atoms with E-state index in [1.54, 1.807) is 36.4 Å². The quantitative estimate of drug-likeness (QED) is 0.538. The van der Waals surface area contributed by atoms with Gasteiger partial charge in [0.05, 0.1) is 0 Å². The molecule has 2 aliphatic rings. The van der Waals surface area contributed by atoms with Gasteiger partial charge in [0, 0.05) is 17.3 Å². The number of nitrogens with one attached hydrogen (secondary N) is 2. The van der Waals surface area contributed by atoms with Gasteiger partial charge in [0.15, 0.2) is 6.61 Å². The highest BCUT2D eigenvalue weighted by Crippen LogP contribution is 2.28. The van der Waals surface area contributed by atoms with Crippen LogP contribution in [0.4, 0.5) is 10.5 Å². The van der Waals surface area contributed by atoms with E-state index in [9.17, 15) is 19.2 Å². The molecule has 0 radical (unpaired) electrons. The predicted octanol–water partition coefficient (Wildman–Crippen LogP) is 3.11. The Labute approximate surface area is 185 Å². The Bertz CT molecular complexity index is 1070. The van der Waals surface area contributed by atoms with Crippen molar-refractivity contribution in [1.82, 2.24) is 10.2 Å². The number of barbiturate groups is 1. The van der Waals surface area contributed by atoms with E-state index in [0.717, 1.165) is 30.6 Å². The maximum atomic E-state index is 13.0. The van der Waals surface area contributed by atoms with Gasteiger partial charge in [-0.15, -0.1) is 0 Å². The van der Waals surface area contributed by atoms with Crippen LogP contribution in [0.15, 0.2) is 60.2 Å². The molecule has 0 aromatic heterocycles. The molecule has 2 aromatic rings. The molecule has 0 unspecified atom stereocenters. The van der Waals surface area contributed by atoms with Gasteiger partial charge in [0.2, 0.25) is 0 Å². The van der Waals surface area contributed by atoms with E-state index in [2.05, 4.69) is 10.6 Å². The number of anilines is 1. The Morgan fingerprint density at radius 2 is 1.72 bits per heavy atom. The number of urea groups is 1. The molecule has 1 saturated carbocycles. The number of nitrogens with zero attached hydrogens (tertiary/aromatic N) is 1. The van der Waals surface area contributed by atoms with Crippen LogP contribution in [-0.2, 0) is 14.4 Å². The van der Waals surface area contributed by atoms with E-state index in [1.165, 1.54) is 6.08 Å². The Morgan fingerprint density at radius 3 is 2.47 bits per heavy atom. The van der Waals surface area contributed by atoms with E-state index in [0.29, 0.717) is 17.0 Å². The van der Waals surface area contributed by atoms with Crippen molar-refractivity contribution in [1.29, 1.82) is 0 Å². The summed E-state index contributed by atoms with van der Waals surface area (Å²) in [5.74, 6) is -1.36.